The summed E-state index contributed by atoms with van der Waals surface area (Å²) in [4.78, 5) is 57.3. The molecule has 12 atom stereocenters. The molecule has 12 nitrogen and oxygen atoms in total. The van der Waals surface area contributed by atoms with Crippen molar-refractivity contribution < 1.29 is 33.8 Å². The van der Waals surface area contributed by atoms with Crippen LogP contribution < -0.4 is 5.32 Å². The lowest BCUT2D eigenvalue weighted by molar-refractivity contribution is -0.148. The van der Waals surface area contributed by atoms with E-state index in [1.54, 1.807) is 11.8 Å². The molecule has 0 aromatic carbocycles. The van der Waals surface area contributed by atoms with Gasteiger partial charge < -0.3 is 19.9 Å². The second-order valence-corrected chi connectivity index (χ2v) is 19.4. The first kappa shape index (κ1) is 42.6. The van der Waals surface area contributed by atoms with Crippen molar-refractivity contribution in [1.29, 1.82) is 0 Å². The molecule has 6 aliphatic rings. The number of esters is 1. The number of allylic oxidation sites excluding steroid dienone is 1. The van der Waals surface area contributed by atoms with Gasteiger partial charge in [0.05, 0.1) is 25.0 Å². The maximum Gasteiger partial charge on any atom is 0.306 e. The third-order valence-electron chi connectivity index (χ3n) is 15.2. The molecule has 0 aromatic heterocycles. The Morgan fingerprint density at radius 1 is 1.09 bits per heavy atom. The monoisotopic (exact) mass is 793 g/mol. The number of nitrogens with zero attached hydrogens (tertiary/aromatic N) is 4. The van der Waals surface area contributed by atoms with Crippen LogP contribution >= 0.6 is 11.8 Å². The van der Waals surface area contributed by atoms with Crippen molar-refractivity contribution in [1.82, 2.24) is 10.2 Å². The Kier molecular flexibility index (Phi) is 13.9. The van der Waals surface area contributed by atoms with E-state index in [0.717, 1.165) is 42.6 Å². The minimum absolute atomic E-state index is 0.00294. The normalized spacial score (nSPS) is 35.6. The average Bonchev–Trinajstić information content (AvgIpc) is 3.53. The molecule has 308 valence electrons. The van der Waals surface area contributed by atoms with Crippen LogP contribution in [0.15, 0.2) is 16.4 Å². The van der Waals surface area contributed by atoms with Gasteiger partial charge in [0.1, 0.15) is 18.0 Å². The lowest BCUT2D eigenvalue weighted by Gasteiger charge is -2.61. The number of hydrogen-bond acceptors (Lipinski definition) is 9. The highest BCUT2D eigenvalue weighted by Gasteiger charge is 2.60. The number of ether oxygens (including phenoxy) is 2. The molecule has 3 unspecified atom stereocenters. The number of Topliss-reactive ketones (excluding diaryl/α,β-unsaturated/α-hetero) is 1. The fourth-order valence-corrected chi connectivity index (χ4v) is 13.7. The van der Waals surface area contributed by atoms with Gasteiger partial charge in [-0.1, -0.05) is 25.9 Å². The number of terminal acetylenes is 1. The molecule has 4 aliphatic carbocycles. The van der Waals surface area contributed by atoms with E-state index in [-0.39, 0.29) is 74.7 Å². The Hall–Kier alpha value is -3.04. The van der Waals surface area contributed by atoms with E-state index >= 15 is 0 Å². The highest BCUT2D eigenvalue weighted by atomic mass is 32.2. The minimum Gasteiger partial charge on any atom is -0.463 e. The van der Waals surface area contributed by atoms with Gasteiger partial charge in [0.25, 0.3) is 5.91 Å². The number of rotatable bonds is 17. The molecule has 0 bridgehead atoms. The number of hydrogen-bond donors (Lipinski definition) is 2. The molecule has 4 saturated carbocycles. The predicted molar refractivity (Wildman–Crippen MR) is 214 cm³/mol. The molecule has 6 rings (SSSR count). The van der Waals surface area contributed by atoms with Crippen molar-refractivity contribution in [2.75, 3.05) is 32.1 Å². The van der Waals surface area contributed by atoms with Crippen LogP contribution in [0.5, 0.6) is 0 Å². The van der Waals surface area contributed by atoms with Gasteiger partial charge in [0.15, 0.2) is 5.78 Å². The topological polar surface area (TPSA) is 171 Å². The fraction of sp³-hybridized carbons (Fsp3) is 0.814. The molecule has 56 heavy (non-hydrogen) atoms. The molecule has 2 amide bonds. The Balaban J connectivity index is 0.970. The zero-order valence-electron chi connectivity index (χ0n) is 33.9. The summed E-state index contributed by atoms with van der Waals surface area (Å²) in [5.41, 5.74) is 10.1. The molecule has 5 fully saturated rings. The van der Waals surface area contributed by atoms with Crippen LogP contribution in [-0.2, 0) is 28.7 Å². The molecule has 2 heterocycles. The number of nitrogens with one attached hydrogen (secondary N) is 1. The second-order valence-electron chi connectivity index (χ2n) is 18.3. The van der Waals surface area contributed by atoms with Crippen LogP contribution in [0.1, 0.15) is 118 Å². The fourth-order valence-electron chi connectivity index (χ4n) is 12.4. The third-order valence-corrected chi connectivity index (χ3v) is 16.6. The van der Waals surface area contributed by atoms with Crippen LogP contribution in [0, 0.1) is 64.6 Å². The van der Waals surface area contributed by atoms with Crippen molar-refractivity contribution >= 4 is 35.3 Å². The third kappa shape index (κ3) is 8.69. The number of thioether (sulfide) groups is 1. The molecule has 2 aliphatic heterocycles. The zero-order chi connectivity index (χ0) is 40.2. The number of ketones is 1. The summed E-state index contributed by atoms with van der Waals surface area (Å²) in [5.74, 6) is 5.48. The second kappa shape index (κ2) is 18.3. The van der Waals surface area contributed by atoms with Crippen LogP contribution in [-0.4, -0.2) is 83.2 Å². The van der Waals surface area contributed by atoms with Gasteiger partial charge in [-0.05, 0) is 134 Å². The summed E-state index contributed by atoms with van der Waals surface area (Å²) in [7, 11) is 0. The van der Waals surface area contributed by atoms with E-state index < -0.39 is 17.9 Å². The Labute approximate surface area is 337 Å². The van der Waals surface area contributed by atoms with Crippen LogP contribution in [0.4, 0.5) is 0 Å². The van der Waals surface area contributed by atoms with E-state index in [9.17, 15) is 24.3 Å². The summed E-state index contributed by atoms with van der Waals surface area (Å²) >= 11 is 1.55. The smallest absolute Gasteiger partial charge is 0.306 e. The summed E-state index contributed by atoms with van der Waals surface area (Å²) in [6.45, 7) is 9.85. The number of fused-ring (bicyclic) bond motifs is 6. The maximum absolute atomic E-state index is 13.7. The lowest BCUT2D eigenvalue weighted by atomic mass is 9.44. The van der Waals surface area contributed by atoms with Gasteiger partial charge in [-0.2, -0.15) is 0 Å². The van der Waals surface area contributed by atoms with Crippen molar-refractivity contribution in [3.63, 3.8) is 0 Å². The quantitative estimate of drug-likeness (QED) is 0.0303. The number of carbonyl (C=O) groups is 4. The molecule has 1 saturated heterocycles. The summed E-state index contributed by atoms with van der Waals surface area (Å²) in [6.07, 6.45) is 17.5. The number of aliphatic hydroxyl groups is 1. The first-order valence-electron chi connectivity index (χ1n) is 21.1. The summed E-state index contributed by atoms with van der Waals surface area (Å²) < 4.78 is 10.5. The van der Waals surface area contributed by atoms with Crippen LogP contribution in [0.25, 0.3) is 10.4 Å². The summed E-state index contributed by atoms with van der Waals surface area (Å²) in [5, 5.41) is 16.5. The number of aliphatic hydroxyl groups excluding tert-OH is 1. The summed E-state index contributed by atoms with van der Waals surface area (Å²) in [6, 6.07) is -0.676. The van der Waals surface area contributed by atoms with E-state index in [2.05, 4.69) is 42.0 Å². The van der Waals surface area contributed by atoms with Gasteiger partial charge >= 0.3 is 5.97 Å². The lowest BCUT2D eigenvalue weighted by Crippen LogP contribution is -2.70. The molecular formula is C43H63N5O7S. The van der Waals surface area contributed by atoms with Gasteiger partial charge in [0.2, 0.25) is 5.91 Å². The molecular weight excluding hydrogens is 731 g/mol. The molecule has 0 aromatic rings. The highest BCUT2D eigenvalue weighted by Crippen LogP contribution is 2.68. The predicted octanol–water partition coefficient (Wildman–Crippen LogP) is 6.96. The molecule has 13 heteroatoms. The van der Waals surface area contributed by atoms with Gasteiger partial charge in [-0.25, -0.2) is 0 Å². The average molecular weight is 794 g/mol. The van der Waals surface area contributed by atoms with Crippen LogP contribution in [0.3, 0.4) is 0 Å². The highest BCUT2D eigenvalue weighted by molar-refractivity contribution is 8.00. The van der Waals surface area contributed by atoms with E-state index in [0.29, 0.717) is 46.5 Å². The first-order valence-corrected chi connectivity index (χ1v) is 22.2. The molecule has 0 radical (unpaired) electrons. The zero-order valence-corrected chi connectivity index (χ0v) is 34.7. The minimum atomic E-state index is -0.676. The van der Waals surface area contributed by atoms with Crippen molar-refractivity contribution in [2.24, 2.45) is 57.4 Å². The Morgan fingerprint density at radius 2 is 1.86 bits per heavy atom. The number of β-lactam (4-membered cyclic amide) rings is 1. The molecule has 2 N–H and O–H groups in total. The Bertz CT molecular complexity index is 1620. The maximum atomic E-state index is 13.7. The van der Waals surface area contributed by atoms with E-state index in [1.165, 1.54) is 49.8 Å². The number of carbonyl (C=O) groups excluding carboxylic acids is 4. The van der Waals surface area contributed by atoms with Gasteiger partial charge in [-0.3, -0.25) is 24.1 Å². The van der Waals surface area contributed by atoms with Gasteiger partial charge in [-0.15, -0.1) is 24.1 Å². The standard InChI is InChI=1S/C43H63N5O7S/c1-6-7-28(23-37(52)55-21-20-54-19-18-45-47-44)22-35(50)39-27(3)25-56-41-38(40(53)48(39)41)46-36(51)13-8-26(2)32-11-12-33-31-10-9-29-24-30(49)14-16-42(29,4)34(31)15-17-43(32,33)5/h1,26,28-34,38,41,49H,7-25H2,2-5H3,(H,46,51)/t26-,28?,29-,30-,31+,32-,33+,34+,38?,41?,42+,43-/m1/s1. The largest absolute Gasteiger partial charge is 0.463 e. The number of amides is 2. The van der Waals surface area contributed by atoms with E-state index in [4.69, 9.17) is 21.4 Å². The van der Waals surface area contributed by atoms with Crippen molar-refractivity contribution in [3.05, 3.63) is 21.7 Å². The Morgan fingerprint density at radius 3 is 2.62 bits per heavy atom. The van der Waals surface area contributed by atoms with Crippen molar-refractivity contribution in [2.45, 2.75) is 135 Å². The number of azide groups is 1. The van der Waals surface area contributed by atoms with Crippen molar-refractivity contribution in [3.8, 4) is 12.3 Å². The van der Waals surface area contributed by atoms with Gasteiger partial charge in [0, 0.05) is 42.9 Å². The van der Waals surface area contributed by atoms with Crippen LogP contribution in [0.2, 0.25) is 0 Å². The molecule has 0 spiro atoms. The van der Waals surface area contributed by atoms with E-state index in [1.807, 2.05) is 6.92 Å². The SMILES string of the molecule is C#CCC(CC(=O)OCCOCCN=[N+]=[N-])CC(=O)C1=C(C)CSC2C(NC(=O)CC[C@@H](C)[C@H]3CC[C@H]4[C@@H]5CC[C@@H]6C[C@H](O)CC[C@]6(C)[C@H]5CC[C@]34C)C(=O)N12. The first-order chi connectivity index (χ1) is 26.8.